The van der Waals surface area contributed by atoms with Crippen molar-refractivity contribution >= 4 is 32.4 Å². The second kappa shape index (κ2) is 4.96. The molecular weight excluding hydrogens is 330 g/mol. The van der Waals surface area contributed by atoms with E-state index in [9.17, 15) is 13.2 Å². The Morgan fingerprint density at radius 2 is 1.96 bits per heavy atom. The summed E-state index contributed by atoms with van der Waals surface area (Å²) in [5.74, 6) is 0. The molecule has 0 aliphatic heterocycles. The number of rotatable bonds is 3. The number of H-pyrrole nitrogens is 2. The molecule has 3 heterocycles. The topological polar surface area (TPSA) is 112 Å². The van der Waals surface area contributed by atoms with Crippen molar-refractivity contribution in [2.24, 2.45) is 0 Å². The number of nitrogens with zero attached hydrogens (tertiary/aromatic N) is 2. The van der Waals surface area contributed by atoms with Gasteiger partial charge in [0.15, 0.2) is 5.65 Å². The third-order valence-electron chi connectivity index (χ3n) is 3.65. The smallest absolute Gasteiger partial charge is 0.306 e. The van der Waals surface area contributed by atoms with Crippen LogP contribution in [0, 0.1) is 6.92 Å². The van der Waals surface area contributed by atoms with E-state index >= 15 is 0 Å². The summed E-state index contributed by atoms with van der Waals surface area (Å²) < 4.78 is 29.6. The van der Waals surface area contributed by atoms with E-state index in [1.807, 2.05) is 13.1 Å². The molecule has 3 N–H and O–H groups in total. The number of hydrogen-bond donors (Lipinski definition) is 3. The summed E-state index contributed by atoms with van der Waals surface area (Å²) >= 11 is 0. The van der Waals surface area contributed by atoms with E-state index in [1.54, 1.807) is 28.8 Å². The molecule has 0 aliphatic rings. The van der Waals surface area contributed by atoms with Gasteiger partial charge in [-0.1, -0.05) is 0 Å². The molecule has 0 bridgehead atoms. The highest BCUT2D eigenvalue weighted by Gasteiger charge is 2.17. The minimum Gasteiger partial charge on any atom is -0.306 e. The van der Waals surface area contributed by atoms with Gasteiger partial charge in [-0.05, 0) is 37.3 Å². The third kappa shape index (κ3) is 2.35. The third-order valence-corrected chi connectivity index (χ3v) is 5.01. The van der Waals surface area contributed by atoms with Crippen molar-refractivity contribution in [2.45, 2.75) is 11.8 Å². The zero-order valence-electron chi connectivity index (χ0n) is 12.6. The fourth-order valence-electron chi connectivity index (χ4n) is 2.60. The first-order valence-electron chi connectivity index (χ1n) is 7.11. The lowest BCUT2D eigenvalue weighted by molar-refractivity contribution is 0.601. The van der Waals surface area contributed by atoms with Gasteiger partial charge in [-0.2, -0.15) is 0 Å². The molecule has 0 fully saturated rings. The van der Waals surface area contributed by atoms with Crippen LogP contribution < -0.4 is 10.4 Å². The van der Waals surface area contributed by atoms with Crippen molar-refractivity contribution in [1.82, 2.24) is 19.4 Å². The maximum Gasteiger partial charge on any atom is 0.323 e. The van der Waals surface area contributed by atoms with Crippen LogP contribution in [0.3, 0.4) is 0 Å². The maximum absolute atomic E-state index is 12.7. The summed E-state index contributed by atoms with van der Waals surface area (Å²) in [4.78, 5) is 20.8. The molecule has 0 radical (unpaired) electrons. The lowest BCUT2D eigenvalue weighted by Gasteiger charge is -2.09. The molecule has 0 spiro atoms. The van der Waals surface area contributed by atoms with Crippen LogP contribution in [0.4, 0.5) is 5.69 Å². The molecule has 122 valence electrons. The zero-order valence-corrected chi connectivity index (χ0v) is 13.4. The quantitative estimate of drug-likeness (QED) is 0.524. The van der Waals surface area contributed by atoms with Crippen LogP contribution in [0.5, 0.6) is 0 Å². The van der Waals surface area contributed by atoms with E-state index in [4.69, 9.17) is 0 Å². The lowest BCUT2D eigenvalue weighted by atomic mass is 10.3. The summed E-state index contributed by atoms with van der Waals surface area (Å²) in [6.45, 7) is 1.83. The van der Waals surface area contributed by atoms with Gasteiger partial charge in [0.1, 0.15) is 0 Å². The number of sulfonamides is 1. The predicted molar refractivity (Wildman–Crippen MR) is 89.7 cm³/mol. The molecule has 8 nitrogen and oxygen atoms in total. The van der Waals surface area contributed by atoms with Gasteiger partial charge in [0, 0.05) is 12.4 Å². The Bertz CT molecular complexity index is 1230. The Morgan fingerprint density at radius 1 is 1.17 bits per heavy atom. The molecule has 24 heavy (non-hydrogen) atoms. The van der Waals surface area contributed by atoms with Crippen LogP contribution in [0.1, 0.15) is 5.69 Å². The van der Waals surface area contributed by atoms with Gasteiger partial charge in [0.05, 0.1) is 27.3 Å². The Balaban J connectivity index is 1.79. The minimum atomic E-state index is -3.82. The van der Waals surface area contributed by atoms with E-state index in [0.717, 1.165) is 5.69 Å². The predicted octanol–water partition coefficient (Wildman–Crippen LogP) is 1.61. The number of fused-ring (bicyclic) bond motifs is 2. The maximum atomic E-state index is 12.7. The Hall–Kier alpha value is -3.07. The van der Waals surface area contributed by atoms with Crippen molar-refractivity contribution in [3.8, 4) is 0 Å². The standard InChI is InChI=1S/C15H13N5O3S/c1-9-8-20-6-2-3-12(14(20)16-9)19-24(22,23)10-4-5-11-13(7-10)18-15(21)17-11/h2-8,19H,1H3,(H2,17,18,21). The molecule has 3 aromatic heterocycles. The average molecular weight is 343 g/mol. The van der Waals surface area contributed by atoms with Gasteiger partial charge in [-0.3, -0.25) is 4.72 Å². The van der Waals surface area contributed by atoms with Crippen LogP contribution in [0.25, 0.3) is 16.7 Å². The number of aryl methyl sites for hydroxylation is 1. The number of benzene rings is 1. The molecular formula is C15H13N5O3S. The van der Waals surface area contributed by atoms with Gasteiger partial charge in [-0.15, -0.1) is 0 Å². The number of aromatic nitrogens is 4. The largest absolute Gasteiger partial charge is 0.323 e. The normalized spacial score (nSPS) is 12.0. The van der Waals surface area contributed by atoms with E-state index in [0.29, 0.717) is 22.4 Å². The molecule has 4 aromatic rings. The van der Waals surface area contributed by atoms with Crippen molar-refractivity contribution in [3.05, 3.63) is 58.9 Å². The number of hydrogen-bond acceptors (Lipinski definition) is 4. The van der Waals surface area contributed by atoms with Gasteiger partial charge < -0.3 is 14.4 Å². The molecule has 0 aliphatic carbocycles. The van der Waals surface area contributed by atoms with Crippen LogP contribution in [0.15, 0.2) is 52.4 Å². The van der Waals surface area contributed by atoms with Gasteiger partial charge >= 0.3 is 5.69 Å². The fourth-order valence-corrected chi connectivity index (χ4v) is 3.68. The Morgan fingerprint density at radius 3 is 2.79 bits per heavy atom. The Kier molecular flexibility index (Phi) is 3.00. The highest BCUT2D eigenvalue weighted by Crippen LogP contribution is 2.22. The summed E-state index contributed by atoms with van der Waals surface area (Å²) in [5.41, 5.74) is 2.28. The number of aromatic amines is 2. The number of anilines is 1. The number of pyridine rings is 1. The fraction of sp³-hybridized carbons (Fsp3) is 0.0667. The second-order valence-corrected chi connectivity index (χ2v) is 7.11. The molecule has 0 unspecified atom stereocenters. The first-order valence-corrected chi connectivity index (χ1v) is 8.60. The van der Waals surface area contributed by atoms with Crippen LogP contribution in [0.2, 0.25) is 0 Å². The minimum absolute atomic E-state index is 0.0514. The monoisotopic (exact) mass is 343 g/mol. The SMILES string of the molecule is Cc1cn2cccc(NS(=O)(=O)c3ccc4[nH]c(=O)[nH]c4c3)c2n1. The number of imidazole rings is 2. The molecule has 4 rings (SSSR count). The van der Waals surface area contributed by atoms with E-state index in [-0.39, 0.29) is 10.6 Å². The van der Waals surface area contributed by atoms with E-state index in [1.165, 1.54) is 12.1 Å². The first-order chi connectivity index (χ1) is 11.4. The van der Waals surface area contributed by atoms with Crippen molar-refractivity contribution in [1.29, 1.82) is 0 Å². The lowest BCUT2D eigenvalue weighted by Crippen LogP contribution is -2.13. The van der Waals surface area contributed by atoms with Gasteiger partial charge in [0.25, 0.3) is 10.0 Å². The molecule has 0 amide bonds. The first kappa shape index (κ1) is 14.5. The molecule has 1 aromatic carbocycles. The Labute approximate surface area is 136 Å². The van der Waals surface area contributed by atoms with E-state index in [2.05, 4.69) is 19.7 Å². The highest BCUT2D eigenvalue weighted by atomic mass is 32.2. The molecule has 0 saturated heterocycles. The summed E-state index contributed by atoms with van der Waals surface area (Å²) in [6.07, 6.45) is 3.60. The van der Waals surface area contributed by atoms with Crippen LogP contribution in [-0.4, -0.2) is 27.8 Å². The summed E-state index contributed by atoms with van der Waals surface area (Å²) in [7, 11) is -3.82. The van der Waals surface area contributed by atoms with E-state index < -0.39 is 10.0 Å². The summed E-state index contributed by atoms with van der Waals surface area (Å²) in [6, 6.07) is 7.77. The van der Waals surface area contributed by atoms with Crippen molar-refractivity contribution in [2.75, 3.05) is 4.72 Å². The van der Waals surface area contributed by atoms with Gasteiger partial charge in [-0.25, -0.2) is 18.2 Å². The van der Waals surface area contributed by atoms with Crippen molar-refractivity contribution in [3.63, 3.8) is 0 Å². The van der Waals surface area contributed by atoms with Gasteiger partial charge in [0.2, 0.25) is 0 Å². The molecule has 0 atom stereocenters. The number of nitrogens with one attached hydrogen (secondary N) is 3. The highest BCUT2D eigenvalue weighted by molar-refractivity contribution is 7.92. The van der Waals surface area contributed by atoms with Crippen LogP contribution in [-0.2, 0) is 10.0 Å². The molecule has 9 heteroatoms. The van der Waals surface area contributed by atoms with Crippen LogP contribution >= 0.6 is 0 Å². The molecule has 0 saturated carbocycles. The second-order valence-electron chi connectivity index (χ2n) is 5.43. The average Bonchev–Trinajstić information content (AvgIpc) is 3.07. The zero-order chi connectivity index (χ0) is 16.9. The summed E-state index contributed by atoms with van der Waals surface area (Å²) in [5, 5.41) is 0. The van der Waals surface area contributed by atoms with Crippen molar-refractivity contribution < 1.29 is 8.42 Å².